The van der Waals surface area contributed by atoms with E-state index >= 15 is 0 Å². The first-order valence-electron chi connectivity index (χ1n) is 6.71. The number of aliphatic hydroxyl groups is 1. The molecule has 0 aliphatic carbocycles. The fraction of sp³-hybridized carbons (Fsp3) is 0.429. The summed E-state index contributed by atoms with van der Waals surface area (Å²) in [6.07, 6.45) is 0. The lowest BCUT2D eigenvalue weighted by Gasteiger charge is -2.34. The van der Waals surface area contributed by atoms with Gasteiger partial charge in [-0.05, 0) is 18.4 Å². The van der Waals surface area contributed by atoms with Crippen LogP contribution >= 0.6 is 22.7 Å². The topological polar surface area (TPSA) is 62.7 Å². The van der Waals surface area contributed by atoms with Crippen molar-refractivity contribution in [3.05, 3.63) is 28.1 Å². The van der Waals surface area contributed by atoms with E-state index in [-0.39, 0.29) is 18.6 Å². The van der Waals surface area contributed by atoms with E-state index in [1.807, 2.05) is 24.4 Å². The summed E-state index contributed by atoms with van der Waals surface area (Å²) in [5, 5.41) is 12.3. The van der Waals surface area contributed by atoms with E-state index in [1.54, 1.807) is 16.2 Å². The summed E-state index contributed by atoms with van der Waals surface area (Å²) in [6, 6.07) is 3.71. The van der Waals surface area contributed by atoms with Crippen molar-refractivity contribution in [1.29, 1.82) is 0 Å². The molecule has 2 aromatic rings. The molecule has 2 aromatic heterocycles. The van der Waals surface area contributed by atoms with Crippen molar-refractivity contribution in [2.24, 2.45) is 0 Å². The number of thiazole rings is 1. The van der Waals surface area contributed by atoms with Crippen LogP contribution in [0.25, 0.3) is 9.88 Å². The predicted molar refractivity (Wildman–Crippen MR) is 82.9 cm³/mol. The second-order valence-electron chi connectivity index (χ2n) is 4.82. The van der Waals surface area contributed by atoms with Crippen LogP contribution in [0.1, 0.15) is 15.4 Å². The minimum absolute atomic E-state index is 0.0600. The van der Waals surface area contributed by atoms with Gasteiger partial charge in [0.25, 0.3) is 5.91 Å². The van der Waals surface area contributed by atoms with Gasteiger partial charge in [0.1, 0.15) is 9.88 Å². The van der Waals surface area contributed by atoms with E-state index in [9.17, 15) is 9.90 Å². The van der Waals surface area contributed by atoms with Gasteiger partial charge in [0.2, 0.25) is 0 Å². The zero-order valence-corrected chi connectivity index (χ0v) is 13.2. The van der Waals surface area contributed by atoms with Crippen molar-refractivity contribution in [1.82, 2.24) is 9.88 Å². The third-order valence-corrected chi connectivity index (χ3v) is 5.61. The highest BCUT2D eigenvalue weighted by molar-refractivity contribution is 7.22. The first-order chi connectivity index (χ1) is 10.2. The summed E-state index contributed by atoms with van der Waals surface area (Å²) in [4.78, 5) is 20.6. The number of rotatable bonds is 3. The van der Waals surface area contributed by atoms with E-state index < -0.39 is 0 Å². The molecular weight excluding hydrogens is 308 g/mol. The summed E-state index contributed by atoms with van der Waals surface area (Å²) in [6.45, 7) is 3.18. The first-order valence-corrected chi connectivity index (χ1v) is 8.41. The molecule has 0 aromatic carbocycles. The van der Waals surface area contributed by atoms with Crippen molar-refractivity contribution in [2.45, 2.75) is 13.0 Å². The summed E-state index contributed by atoms with van der Waals surface area (Å²) < 4.78 is 5.32. The molecular formula is C14H16N2O3S2. The second-order valence-corrected chi connectivity index (χ2v) is 6.77. The highest BCUT2D eigenvalue weighted by Gasteiger charge is 2.30. The minimum Gasteiger partial charge on any atom is -0.394 e. The second kappa shape index (κ2) is 6.23. The van der Waals surface area contributed by atoms with Crippen molar-refractivity contribution >= 4 is 28.6 Å². The number of aliphatic hydroxyl groups excluding tert-OH is 1. The fourth-order valence-electron chi connectivity index (χ4n) is 2.30. The van der Waals surface area contributed by atoms with E-state index in [0.29, 0.717) is 24.6 Å². The molecule has 7 heteroatoms. The molecule has 1 amide bonds. The van der Waals surface area contributed by atoms with Gasteiger partial charge in [0.05, 0.1) is 36.4 Å². The van der Waals surface area contributed by atoms with E-state index in [1.165, 1.54) is 11.3 Å². The third kappa shape index (κ3) is 2.87. The number of carbonyl (C=O) groups is 1. The van der Waals surface area contributed by atoms with Crippen LogP contribution in [0.2, 0.25) is 0 Å². The van der Waals surface area contributed by atoms with Crippen LogP contribution in [0, 0.1) is 6.92 Å². The Labute approximate surface area is 130 Å². The van der Waals surface area contributed by atoms with Crippen LogP contribution in [0.5, 0.6) is 0 Å². The molecule has 3 heterocycles. The van der Waals surface area contributed by atoms with Gasteiger partial charge in [-0.15, -0.1) is 22.7 Å². The summed E-state index contributed by atoms with van der Waals surface area (Å²) >= 11 is 3.03. The van der Waals surface area contributed by atoms with Crippen molar-refractivity contribution in [3.63, 3.8) is 0 Å². The summed E-state index contributed by atoms with van der Waals surface area (Å²) in [5.74, 6) is -0.0600. The number of carbonyl (C=O) groups excluding carboxylic acids is 1. The quantitative estimate of drug-likeness (QED) is 0.938. The molecule has 0 saturated carbocycles. The average molecular weight is 324 g/mol. The molecule has 0 radical (unpaired) electrons. The van der Waals surface area contributed by atoms with E-state index in [4.69, 9.17) is 4.74 Å². The Kier molecular flexibility index (Phi) is 4.34. The number of hydrogen-bond acceptors (Lipinski definition) is 6. The smallest absolute Gasteiger partial charge is 0.266 e. The average Bonchev–Trinajstić information content (AvgIpc) is 3.15. The number of aryl methyl sites for hydroxylation is 1. The molecule has 5 nitrogen and oxygen atoms in total. The third-order valence-electron chi connectivity index (χ3n) is 3.42. The molecule has 0 spiro atoms. The van der Waals surface area contributed by atoms with Crippen molar-refractivity contribution < 1.29 is 14.6 Å². The highest BCUT2D eigenvalue weighted by Crippen LogP contribution is 2.32. The molecule has 21 heavy (non-hydrogen) atoms. The van der Waals surface area contributed by atoms with E-state index in [2.05, 4.69) is 4.98 Å². The zero-order chi connectivity index (χ0) is 14.8. The Bertz CT molecular complexity index is 624. The van der Waals surface area contributed by atoms with Gasteiger partial charge in [-0.3, -0.25) is 4.79 Å². The van der Waals surface area contributed by atoms with Crippen molar-refractivity contribution in [3.8, 4) is 9.88 Å². The molecule has 1 fully saturated rings. The number of morpholine rings is 1. The maximum Gasteiger partial charge on any atom is 0.266 e. The molecule has 1 N–H and O–H groups in total. The molecule has 1 atom stereocenters. The minimum atomic E-state index is -0.266. The van der Waals surface area contributed by atoms with Crippen LogP contribution in [0.15, 0.2) is 17.5 Å². The maximum absolute atomic E-state index is 12.7. The molecule has 1 saturated heterocycles. The lowest BCUT2D eigenvalue weighted by Crippen LogP contribution is -2.50. The van der Waals surface area contributed by atoms with Gasteiger partial charge in [-0.2, -0.15) is 0 Å². The Morgan fingerprint density at radius 3 is 3.19 bits per heavy atom. The lowest BCUT2D eigenvalue weighted by molar-refractivity contribution is -0.0182. The highest BCUT2D eigenvalue weighted by atomic mass is 32.1. The van der Waals surface area contributed by atoms with Crippen LogP contribution in [0.4, 0.5) is 0 Å². The molecule has 0 bridgehead atoms. The van der Waals surface area contributed by atoms with Gasteiger partial charge >= 0.3 is 0 Å². The molecule has 1 aliphatic heterocycles. The number of amides is 1. The fourth-order valence-corrected chi connectivity index (χ4v) is 4.12. The Morgan fingerprint density at radius 1 is 1.62 bits per heavy atom. The van der Waals surface area contributed by atoms with Gasteiger partial charge in [-0.25, -0.2) is 4.98 Å². The number of aromatic nitrogens is 1. The lowest BCUT2D eigenvalue weighted by atomic mass is 10.2. The largest absolute Gasteiger partial charge is 0.394 e. The number of nitrogens with zero attached hydrogens (tertiary/aromatic N) is 2. The van der Waals surface area contributed by atoms with Crippen LogP contribution < -0.4 is 0 Å². The zero-order valence-electron chi connectivity index (χ0n) is 11.6. The van der Waals surface area contributed by atoms with Crippen molar-refractivity contribution in [2.75, 3.05) is 26.4 Å². The maximum atomic E-state index is 12.7. The molecule has 1 unspecified atom stereocenters. The standard InChI is InChI=1S/C14H16N2O3S2/c1-9-12(21-13(15-9)11-3-2-6-20-11)14(18)16-4-5-19-8-10(16)7-17/h2-3,6,10,17H,4-5,7-8H2,1H3. The predicted octanol–water partition coefficient (Wildman–Crippen LogP) is 2.01. The van der Waals surface area contributed by atoms with Crippen LogP contribution in [-0.2, 0) is 4.74 Å². The monoisotopic (exact) mass is 324 g/mol. The SMILES string of the molecule is Cc1nc(-c2cccs2)sc1C(=O)N1CCOCC1CO. The Balaban J connectivity index is 1.87. The Hall–Kier alpha value is -1.28. The van der Waals surface area contributed by atoms with Gasteiger partial charge < -0.3 is 14.7 Å². The first kappa shape index (κ1) is 14.6. The normalized spacial score (nSPS) is 19.0. The molecule has 1 aliphatic rings. The Morgan fingerprint density at radius 2 is 2.48 bits per heavy atom. The van der Waals surface area contributed by atoms with Crippen LogP contribution in [-0.4, -0.2) is 53.3 Å². The van der Waals surface area contributed by atoms with Gasteiger partial charge in [0, 0.05) is 6.54 Å². The van der Waals surface area contributed by atoms with Gasteiger partial charge in [-0.1, -0.05) is 6.07 Å². The van der Waals surface area contributed by atoms with Gasteiger partial charge in [0.15, 0.2) is 0 Å². The number of ether oxygens (including phenoxy) is 1. The number of hydrogen-bond donors (Lipinski definition) is 1. The number of thiophene rings is 1. The summed E-state index contributed by atoms with van der Waals surface area (Å²) in [5.41, 5.74) is 0.747. The molecule has 112 valence electrons. The van der Waals surface area contributed by atoms with Crippen LogP contribution in [0.3, 0.4) is 0 Å². The summed E-state index contributed by atoms with van der Waals surface area (Å²) in [7, 11) is 0. The van der Waals surface area contributed by atoms with E-state index in [0.717, 1.165) is 15.6 Å². The molecule has 3 rings (SSSR count).